The maximum absolute atomic E-state index is 13.7. The third-order valence-corrected chi connectivity index (χ3v) is 3.84. The first-order valence-corrected chi connectivity index (χ1v) is 6.33. The zero-order valence-corrected chi connectivity index (χ0v) is 11.8. The zero-order chi connectivity index (χ0) is 12.7. The van der Waals surface area contributed by atoms with Gasteiger partial charge in [0.1, 0.15) is 5.82 Å². The van der Waals surface area contributed by atoms with Gasteiger partial charge >= 0.3 is 0 Å². The van der Waals surface area contributed by atoms with Gasteiger partial charge in [0.15, 0.2) is 5.58 Å². The Bertz CT molecular complexity index is 572. The number of benzene rings is 1. The summed E-state index contributed by atoms with van der Waals surface area (Å²) in [6.07, 6.45) is 1.61. The third kappa shape index (κ3) is 2.42. The molecule has 1 aromatic carbocycles. The van der Waals surface area contributed by atoms with Crippen molar-refractivity contribution in [3.05, 3.63) is 30.3 Å². The largest absolute Gasteiger partial charge is 0.462 e. The Hall–Kier alpha value is -1.26. The van der Waals surface area contributed by atoms with Crippen LogP contribution in [-0.2, 0) is 0 Å². The van der Waals surface area contributed by atoms with Crippen LogP contribution in [0.1, 0.15) is 13.8 Å². The molecule has 3 rings (SSSR count). The molecule has 1 aliphatic heterocycles. The highest BCUT2D eigenvalue weighted by molar-refractivity contribution is 5.89. The molecule has 104 valence electrons. The summed E-state index contributed by atoms with van der Waals surface area (Å²) >= 11 is 0. The van der Waals surface area contributed by atoms with Crippen molar-refractivity contribution < 1.29 is 8.81 Å². The van der Waals surface area contributed by atoms with Crippen LogP contribution in [0.4, 0.5) is 10.1 Å². The van der Waals surface area contributed by atoms with Gasteiger partial charge in [0.2, 0.25) is 0 Å². The van der Waals surface area contributed by atoms with Crippen molar-refractivity contribution in [3.8, 4) is 0 Å². The molecule has 1 aromatic heterocycles. The van der Waals surface area contributed by atoms with Crippen LogP contribution >= 0.6 is 12.4 Å². The summed E-state index contributed by atoms with van der Waals surface area (Å²) < 4.78 is 19.2. The second-order valence-electron chi connectivity index (χ2n) is 4.94. The lowest BCUT2D eigenvalue weighted by Crippen LogP contribution is -2.55. The molecule has 2 unspecified atom stereocenters. The molecule has 1 saturated heterocycles. The first kappa shape index (κ1) is 14.2. The molecule has 1 aliphatic rings. The van der Waals surface area contributed by atoms with Gasteiger partial charge in [0.05, 0.1) is 12.0 Å². The van der Waals surface area contributed by atoms with Crippen LogP contribution in [0.25, 0.3) is 11.0 Å². The fourth-order valence-electron chi connectivity index (χ4n) is 2.64. The standard InChI is InChI=1S/C14H17FN2O.ClH/c1-9-10(2)17(5-4-16-9)13-8-12(15)7-11-3-6-18-14(11)13;/h3,6-10,16H,4-5H2,1-2H3;1H. The minimum absolute atomic E-state index is 0. The van der Waals surface area contributed by atoms with Crippen LogP contribution in [0.15, 0.2) is 28.9 Å². The average molecular weight is 285 g/mol. The summed E-state index contributed by atoms with van der Waals surface area (Å²) in [7, 11) is 0. The van der Waals surface area contributed by atoms with Crippen LogP contribution in [0, 0.1) is 5.82 Å². The quantitative estimate of drug-likeness (QED) is 0.872. The number of furan rings is 1. The van der Waals surface area contributed by atoms with Gasteiger partial charge in [-0.05, 0) is 26.0 Å². The van der Waals surface area contributed by atoms with E-state index in [0.29, 0.717) is 12.1 Å². The van der Waals surface area contributed by atoms with E-state index in [1.54, 1.807) is 18.4 Å². The molecule has 2 aromatic rings. The summed E-state index contributed by atoms with van der Waals surface area (Å²) in [6.45, 7) is 6.07. The highest BCUT2D eigenvalue weighted by atomic mass is 35.5. The number of piperazine rings is 1. The first-order valence-electron chi connectivity index (χ1n) is 6.33. The fraction of sp³-hybridized carbons (Fsp3) is 0.429. The molecular weight excluding hydrogens is 267 g/mol. The lowest BCUT2D eigenvalue weighted by molar-refractivity contribution is 0.403. The Kier molecular flexibility index (Phi) is 4.02. The van der Waals surface area contributed by atoms with E-state index >= 15 is 0 Å². The highest BCUT2D eigenvalue weighted by Crippen LogP contribution is 2.31. The van der Waals surface area contributed by atoms with Crippen molar-refractivity contribution in [1.82, 2.24) is 5.32 Å². The Morgan fingerprint density at radius 3 is 2.95 bits per heavy atom. The fourth-order valence-corrected chi connectivity index (χ4v) is 2.64. The summed E-state index contributed by atoms with van der Waals surface area (Å²) in [5.41, 5.74) is 1.63. The van der Waals surface area contributed by atoms with Gasteiger partial charge in [-0.3, -0.25) is 0 Å². The molecule has 2 atom stereocenters. The van der Waals surface area contributed by atoms with E-state index in [0.717, 1.165) is 29.7 Å². The molecule has 2 heterocycles. The number of anilines is 1. The molecule has 0 aliphatic carbocycles. The number of fused-ring (bicyclic) bond motifs is 1. The number of hydrogen-bond donors (Lipinski definition) is 1. The molecule has 1 fully saturated rings. The Labute approximate surface area is 118 Å². The van der Waals surface area contributed by atoms with Gasteiger partial charge < -0.3 is 14.6 Å². The van der Waals surface area contributed by atoms with Crippen molar-refractivity contribution in [2.75, 3.05) is 18.0 Å². The van der Waals surface area contributed by atoms with Gasteiger partial charge in [-0.15, -0.1) is 12.4 Å². The Morgan fingerprint density at radius 1 is 1.37 bits per heavy atom. The van der Waals surface area contributed by atoms with Crippen LogP contribution in [-0.4, -0.2) is 25.2 Å². The molecule has 0 saturated carbocycles. The van der Waals surface area contributed by atoms with Gasteiger partial charge in [-0.25, -0.2) is 4.39 Å². The molecule has 19 heavy (non-hydrogen) atoms. The SMILES string of the molecule is CC1NCCN(c2cc(F)cc3ccoc23)C1C.Cl. The van der Waals surface area contributed by atoms with Gasteiger partial charge in [-0.1, -0.05) is 0 Å². The maximum atomic E-state index is 13.7. The topological polar surface area (TPSA) is 28.4 Å². The monoisotopic (exact) mass is 284 g/mol. The molecule has 1 N–H and O–H groups in total. The van der Waals surface area contributed by atoms with E-state index < -0.39 is 0 Å². The summed E-state index contributed by atoms with van der Waals surface area (Å²) in [4.78, 5) is 2.22. The number of hydrogen-bond acceptors (Lipinski definition) is 3. The van der Waals surface area contributed by atoms with E-state index in [-0.39, 0.29) is 18.2 Å². The second-order valence-corrected chi connectivity index (χ2v) is 4.94. The summed E-state index contributed by atoms with van der Waals surface area (Å²) in [6, 6.07) is 5.58. The normalized spacial score (nSPS) is 23.4. The van der Waals surface area contributed by atoms with E-state index in [2.05, 4.69) is 24.1 Å². The minimum atomic E-state index is -0.211. The Morgan fingerprint density at radius 2 is 2.16 bits per heavy atom. The summed E-state index contributed by atoms with van der Waals surface area (Å²) in [5.74, 6) is -0.211. The van der Waals surface area contributed by atoms with Crippen molar-refractivity contribution in [2.24, 2.45) is 0 Å². The number of halogens is 2. The van der Waals surface area contributed by atoms with Gasteiger partial charge in [0, 0.05) is 36.6 Å². The van der Waals surface area contributed by atoms with E-state index in [4.69, 9.17) is 4.42 Å². The second kappa shape index (κ2) is 5.39. The van der Waals surface area contributed by atoms with Gasteiger partial charge in [0.25, 0.3) is 0 Å². The lowest BCUT2D eigenvalue weighted by atomic mass is 10.1. The van der Waals surface area contributed by atoms with Gasteiger partial charge in [-0.2, -0.15) is 0 Å². The van der Waals surface area contributed by atoms with E-state index in [1.807, 2.05) is 0 Å². The number of nitrogens with zero attached hydrogens (tertiary/aromatic N) is 1. The molecule has 0 bridgehead atoms. The smallest absolute Gasteiger partial charge is 0.157 e. The minimum Gasteiger partial charge on any atom is -0.462 e. The predicted octanol–water partition coefficient (Wildman–Crippen LogP) is 3.18. The van der Waals surface area contributed by atoms with Crippen molar-refractivity contribution in [3.63, 3.8) is 0 Å². The van der Waals surface area contributed by atoms with E-state index in [9.17, 15) is 4.39 Å². The van der Waals surface area contributed by atoms with Crippen LogP contribution < -0.4 is 10.2 Å². The Balaban J connectivity index is 0.00000133. The van der Waals surface area contributed by atoms with Crippen molar-refractivity contribution >= 4 is 29.1 Å². The molecule has 5 heteroatoms. The molecular formula is C14H18ClFN2O. The molecule has 0 amide bonds. The number of rotatable bonds is 1. The molecule has 3 nitrogen and oxygen atoms in total. The van der Waals surface area contributed by atoms with Crippen molar-refractivity contribution in [2.45, 2.75) is 25.9 Å². The first-order chi connectivity index (χ1) is 8.66. The van der Waals surface area contributed by atoms with E-state index in [1.165, 1.54) is 6.07 Å². The van der Waals surface area contributed by atoms with Crippen molar-refractivity contribution in [1.29, 1.82) is 0 Å². The number of nitrogens with one attached hydrogen (secondary N) is 1. The lowest BCUT2D eigenvalue weighted by Gasteiger charge is -2.40. The average Bonchev–Trinajstić information content (AvgIpc) is 2.79. The highest BCUT2D eigenvalue weighted by Gasteiger charge is 2.26. The zero-order valence-electron chi connectivity index (χ0n) is 11.0. The predicted molar refractivity (Wildman–Crippen MR) is 77.7 cm³/mol. The van der Waals surface area contributed by atoms with Crippen LogP contribution in [0.5, 0.6) is 0 Å². The molecule has 0 spiro atoms. The molecule has 0 radical (unpaired) electrons. The van der Waals surface area contributed by atoms with Crippen LogP contribution in [0.2, 0.25) is 0 Å². The van der Waals surface area contributed by atoms with Crippen LogP contribution in [0.3, 0.4) is 0 Å². The third-order valence-electron chi connectivity index (χ3n) is 3.84. The maximum Gasteiger partial charge on any atom is 0.157 e. The summed E-state index contributed by atoms with van der Waals surface area (Å²) in [5, 5.41) is 4.24.